The summed E-state index contributed by atoms with van der Waals surface area (Å²) in [6, 6.07) is 6.06. The molecule has 1 saturated heterocycles. The average Bonchev–Trinajstić information content (AvgIpc) is 3.12. The molecule has 3 N–H and O–H groups in total. The van der Waals surface area contributed by atoms with Gasteiger partial charge in [0.2, 0.25) is 0 Å². The first-order valence-electron chi connectivity index (χ1n) is 8.69. The summed E-state index contributed by atoms with van der Waals surface area (Å²) in [6.07, 6.45) is 1.55. The number of H-pyrrole nitrogens is 1. The number of rotatable bonds is 4. The average molecular weight is 375 g/mol. The molecule has 8 nitrogen and oxygen atoms in total. The number of nitrogens with one attached hydrogen (secondary N) is 3. The van der Waals surface area contributed by atoms with Crippen molar-refractivity contribution in [2.24, 2.45) is 0 Å². The van der Waals surface area contributed by atoms with Crippen LogP contribution in [0, 0.1) is 5.82 Å². The lowest BCUT2D eigenvalue weighted by Crippen LogP contribution is -2.45. The number of ether oxygens (including phenoxy) is 1. The van der Waals surface area contributed by atoms with Crippen LogP contribution in [-0.4, -0.2) is 47.3 Å². The Morgan fingerprint density at radius 3 is 2.63 bits per heavy atom. The van der Waals surface area contributed by atoms with E-state index in [2.05, 4.69) is 20.8 Å². The lowest BCUT2D eigenvalue weighted by Gasteiger charge is -2.37. The Morgan fingerprint density at radius 1 is 1.26 bits per heavy atom. The molecular formula is C18H22FN5O3. The number of aromatic nitrogens is 2. The van der Waals surface area contributed by atoms with Gasteiger partial charge in [-0.2, -0.15) is 5.10 Å². The summed E-state index contributed by atoms with van der Waals surface area (Å²) in [5.41, 5.74) is 1.33. The standard InChI is InChI=1S/C18H22FN5O3/c1-11-9-24(10-12(2)27-11)16-4-3-13(7-15(16)19)22-18(26)17(25)20-8-14-5-6-21-23-14/h3-7,11-12H,8-10H2,1-2H3,(H,20,25)(H,21,23)(H,22,26)/t11-,12-/m0/s1. The van der Waals surface area contributed by atoms with E-state index in [4.69, 9.17) is 4.74 Å². The van der Waals surface area contributed by atoms with Crippen molar-refractivity contribution in [1.29, 1.82) is 0 Å². The van der Waals surface area contributed by atoms with Crippen molar-refractivity contribution in [1.82, 2.24) is 15.5 Å². The number of hydrogen-bond donors (Lipinski definition) is 3. The number of hydrogen-bond acceptors (Lipinski definition) is 5. The van der Waals surface area contributed by atoms with E-state index in [0.717, 1.165) is 0 Å². The van der Waals surface area contributed by atoms with Crippen LogP contribution in [0.2, 0.25) is 0 Å². The molecule has 3 rings (SSSR count). The second-order valence-corrected chi connectivity index (χ2v) is 6.55. The predicted octanol–water partition coefficient (Wildman–Crippen LogP) is 1.42. The molecule has 27 heavy (non-hydrogen) atoms. The predicted molar refractivity (Wildman–Crippen MR) is 97.7 cm³/mol. The van der Waals surface area contributed by atoms with Gasteiger partial charge in [0.05, 0.1) is 30.1 Å². The van der Waals surface area contributed by atoms with Crippen molar-refractivity contribution in [3.8, 4) is 0 Å². The molecule has 0 aliphatic carbocycles. The summed E-state index contributed by atoms with van der Waals surface area (Å²) in [7, 11) is 0. The van der Waals surface area contributed by atoms with Crippen molar-refractivity contribution in [2.45, 2.75) is 32.6 Å². The van der Waals surface area contributed by atoms with Crippen LogP contribution in [0.1, 0.15) is 19.5 Å². The molecular weight excluding hydrogens is 353 g/mol. The van der Waals surface area contributed by atoms with Gasteiger partial charge in [-0.15, -0.1) is 0 Å². The van der Waals surface area contributed by atoms with Crippen LogP contribution in [-0.2, 0) is 20.9 Å². The molecule has 2 aromatic rings. The van der Waals surface area contributed by atoms with Crippen LogP contribution in [0.5, 0.6) is 0 Å². The maximum Gasteiger partial charge on any atom is 0.313 e. The molecule has 1 aliphatic heterocycles. The number of anilines is 2. The number of amides is 2. The summed E-state index contributed by atoms with van der Waals surface area (Å²) in [5, 5.41) is 11.3. The topological polar surface area (TPSA) is 99.4 Å². The fourth-order valence-corrected chi connectivity index (χ4v) is 3.04. The highest BCUT2D eigenvalue weighted by Gasteiger charge is 2.24. The van der Waals surface area contributed by atoms with Gasteiger partial charge in [-0.25, -0.2) is 4.39 Å². The Morgan fingerprint density at radius 2 is 2.00 bits per heavy atom. The third-order valence-corrected chi connectivity index (χ3v) is 4.17. The van der Waals surface area contributed by atoms with E-state index in [1.165, 1.54) is 6.07 Å². The molecule has 0 spiro atoms. The van der Waals surface area contributed by atoms with Crippen molar-refractivity contribution >= 4 is 23.2 Å². The van der Waals surface area contributed by atoms with Gasteiger partial charge >= 0.3 is 11.8 Å². The molecule has 0 unspecified atom stereocenters. The molecule has 1 aromatic carbocycles. The fourth-order valence-electron chi connectivity index (χ4n) is 3.04. The van der Waals surface area contributed by atoms with Gasteiger partial charge in [0.25, 0.3) is 0 Å². The normalized spacial score (nSPS) is 19.6. The Kier molecular flexibility index (Phi) is 5.70. The van der Waals surface area contributed by atoms with Gasteiger partial charge in [0.15, 0.2) is 0 Å². The minimum absolute atomic E-state index is 0.00565. The molecule has 1 aromatic heterocycles. The molecule has 2 heterocycles. The minimum atomic E-state index is -0.865. The first-order chi connectivity index (χ1) is 12.9. The van der Waals surface area contributed by atoms with Gasteiger partial charge in [-0.1, -0.05) is 0 Å². The fraction of sp³-hybridized carbons (Fsp3) is 0.389. The highest BCUT2D eigenvalue weighted by Crippen LogP contribution is 2.26. The van der Waals surface area contributed by atoms with E-state index in [0.29, 0.717) is 24.5 Å². The van der Waals surface area contributed by atoms with Crippen LogP contribution in [0.15, 0.2) is 30.5 Å². The SMILES string of the molecule is C[C@H]1CN(c2ccc(NC(=O)C(=O)NCc3ccn[nH]3)cc2F)C[C@H](C)O1. The van der Waals surface area contributed by atoms with E-state index >= 15 is 0 Å². The van der Waals surface area contributed by atoms with Crippen molar-refractivity contribution in [3.05, 3.63) is 42.0 Å². The quantitative estimate of drug-likeness (QED) is 0.702. The van der Waals surface area contributed by atoms with Crippen molar-refractivity contribution in [3.63, 3.8) is 0 Å². The van der Waals surface area contributed by atoms with Crippen LogP contribution in [0.25, 0.3) is 0 Å². The molecule has 2 atom stereocenters. The summed E-state index contributed by atoms with van der Waals surface area (Å²) in [4.78, 5) is 25.7. The zero-order valence-electron chi connectivity index (χ0n) is 15.2. The number of carbonyl (C=O) groups is 2. The number of carbonyl (C=O) groups excluding carboxylic acids is 2. The summed E-state index contributed by atoms with van der Waals surface area (Å²) < 4.78 is 20.2. The van der Waals surface area contributed by atoms with Crippen molar-refractivity contribution in [2.75, 3.05) is 23.3 Å². The van der Waals surface area contributed by atoms with Gasteiger partial charge in [0.1, 0.15) is 5.82 Å². The molecule has 0 saturated carbocycles. The molecule has 0 bridgehead atoms. The monoisotopic (exact) mass is 375 g/mol. The molecule has 0 radical (unpaired) electrons. The number of halogens is 1. The smallest absolute Gasteiger partial charge is 0.313 e. The Hall–Kier alpha value is -2.94. The van der Waals surface area contributed by atoms with Gasteiger partial charge in [-0.05, 0) is 38.1 Å². The lowest BCUT2D eigenvalue weighted by atomic mass is 10.2. The van der Waals surface area contributed by atoms with Crippen LogP contribution >= 0.6 is 0 Å². The third kappa shape index (κ3) is 4.82. The second kappa shape index (κ2) is 8.17. The Labute approximate surface area is 156 Å². The van der Waals surface area contributed by atoms with Gasteiger partial charge < -0.3 is 20.3 Å². The van der Waals surface area contributed by atoms with Crippen LogP contribution in [0.4, 0.5) is 15.8 Å². The van der Waals surface area contributed by atoms with Crippen molar-refractivity contribution < 1.29 is 18.7 Å². The number of aromatic amines is 1. The third-order valence-electron chi connectivity index (χ3n) is 4.17. The molecule has 1 aliphatic rings. The largest absolute Gasteiger partial charge is 0.372 e. The summed E-state index contributed by atoms with van der Waals surface area (Å²) in [5.74, 6) is -2.15. The zero-order valence-corrected chi connectivity index (χ0v) is 15.2. The van der Waals surface area contributed by atoms with E-state index in [-0.39, 0.29) is 24.4 Å². The van der Waals surface area contributed by atoms with E-state index in [1.807, 2.05) is 18.7 Å². The number of benzene rings is 1. The van der Waals surface area contributed by atoms with Gasteiger partial charge in [0, 0.05) is 25.0 Å². The maximum absolute atomic E-state index is 14.5. The lowest BCUT2D eigenvalue weighted by molar-refractivity contribution is -0.136. The summed E-state index contributed by atoms with van der Waals surface area (Å²) in [6.45, 7) is 5.20. The molecule has 144 valence electrons. The van der Waals surface area contributed by atoms with Crippen LogP contribution in [0.3, 0.4) is 0 Å². The van der Waals surface area contributed by atoms with E-state index in [9.17, 15) is 14.0 Å². The number of nitrogens with zero attached hydrogens (tertiary/aromatic N) is 2. The highest BCUT2D eigenvalue weighted by molar-refractivity contribution is 6.39. The summed E-state index contributed by atoms with van der Waals surface area (Å²) >= 11 is 0. The van der Waals surface area contributed by atoms with E-state index in [1.54, 1.807) is 24.4 Å². The van der Waals surface area contributed by atoms with Crippen LogP contribution < -0.4 is 15.5 Å². The maximum atomic E-state index is 14.5. The second-order valence-electron chi connectivity index (χ2n) is 6.55. The zero-order chi connectivity index (χ0) is 19.4. The Balaban J connectivity index is 1.59. The first kappa shape index (κ1) is 18.8. The molecule has 2 amide bonds. The minimum Gasteiger partial charge on any atom is -0.372 e. The highest BCUT2D eigenvalue weighted by atomic mass is 19.1. The molecule has 9 heteroatoms. The van der Waals surface area contributed by atoms with E-state index < -0.39 is 17.6 Å². The van der Waals surface area contributed by atoms with Gasteiger partial charge in [-0.3, -0.25) is 14.7 Å². The molecule has 1 fully saturated rings. The Bertz CT molecular complexity index is 801. The number of morpholine rings is 1. The first-order valence-corrected chi connectivity index (χ1v) is 8.69.